The average molecular weight is 156 g/mol. The molecule has 1 N–H and O–H groups in total. The first-order valence-electron chi connectivity index (χ1n) is 4.22. The topological polar surface area (TPSA) is 32.3 Å². The van der Waals surface area contributed by atoms with Crippen molar-refractivity contribution >= 4 is 5.91 Å². The molecule has 0 bridgehead atoms. The van der Waals surface area contributed by atoms with Gasteiger partial charge in [-0.05, 0) is 13.0 Å². The van der Waals surface area contributed by atoms with Gasteiger partial charge in [0.2, 0.25) is 5.91 Å². The highest BCUT2D eigenvalue weighted by molar-refractivity contribution is 5.78. The molecule has 3 nitrogen and oxygen atoms in total. The Labute approximate surface area is 67.8 Å². The lowest BCUT2D eigenvalue weighted by Crippen LogP contribution is -2.37. The van der Waals surface area contributed by atoms with Crippen LogP contribution in [0.4, 0.5) is 0 Å². The summed E-state index contributed by atoms with van der Waals surface area (Å²) >= 11 is 0. The zero-order chi connectivity index (χ0) is 8.27. The fourth-order valence-corrected chi connectivity index (χ4v) is 1.41. The molecule has 0 aromatic heterocycles. The van der Waals surface area contributed by atoms with Gasteiger partial charge in [0, 0.05) is 26.1 Å². The van der Waals surface area contributed by atoms with E-state index in [0.29, 0.717) is 6.04 Å². The maximum atomic E-state index is 11.0. The van der Waals surface area contributed by atoms with Gasteiger partial charge in [0.05, 0.1) is 0 Å². The summed E-state index contributed by atoms with van der Waals surface area (Å²) < 4.78 is 0. The van der Waals surface area contributed by atoms with Crippen LogP contribution >= 0.6 is 0 Å². The van der Waals surface area contributed by atoms with E-state index >= 15 is 0 Å². The van der Waals surface area contributed by atoms with Crippen molar-refractivity contribution in [3.8, 4) is 0 Å². The molecular formula is C8H16N2O. The zero-order valence-corrected chi connectivity index (χ0v) is 7.26. The number of carbonyl (C=O) groups is 1. The summed E-state index contributed by atoms with van der Waals surface area (Å²) in [6, 6.07) is 0.433. The maximum Gasteiger partial charge on any atom is 0.222 e. The Morgan fingerprint density at radius 1 is 1.73 bits per heavy atom. The van der Waals surface area contributed by atoms with Gasteiger partial charge in [-0.15, -0.1) is 0 Å². The second-order valence-electron chi connectivity index (χ2n) is 3.00. The molecule has 0 spiro atoms. The molecule has 64 valence electrons. The van der Waals surface area contributed by atoms with Crippen molar-refractivity contribution in [2.45, 2.75) is 25.8 Å². The molecule has 1 rings (SSSR count). The van der Waals surface area contributed by atoms with Crippen molar-refractivity contribution in [1.29, 1.82) is 0 Å². The number of hydrogen-bond donors (Lipinski definition) is 1. The van der Waals surface area contributed by atoms with Crippen LogP contribution in [0.3, 0.4) is 0 Å². The number of nitrogens with one attached hydrogen (secondary N) is 1. The molecule has 1 amide bonds. The summed E-state index contributed by atoms with van der Waals surface area (Å²) in [4.78, 5) is 12.9. The summed E-state index contributed by atoms with van der Waals surface area (Å²) in [5.41, 5.74) is 0. The predicted octanol–water partition coefficient (Wildman–Crippen LogP) is 0.217. The molecule has 0 aromatic carbocycles. The first kappa shape index (κ1) is 8.53. The highest BCUT2D eigenvalue weighted by Gasteiger charge is 2.26. The van der Waals surface area contributed by atoms with E-state index in [2.05, 4.69) is 12.2 Å². The number of rotatable bonds is 3. The van der Waals surface area contributed by atoms with E-state index in [0.717, 1.165) is 25.9 Å². The van der Waals surface area contributed by atoms with E-state index in [4.69, 9.17) is 0 Å². The van der Waals surface area contributed by atoms with Crippen molar-refractivity contribution < 1.29 is 4.79 Å². The van der Waals surface area contributed by atoms with Gasteiger partial charge in [0.15, 0.2) is 0 Å². The van der Waals surface area contributed by atoms with Crippen LogP contribution in [0.1, 0.15) is 19.8 Å². The minimum atomic E-state index is 0.285. The first-order chi connectivity index (χ1) is 5.25. The summed E-state index contributed by atoms with van der Waals surface area (Å²) in [5.74, 6) is 0.285. The van der Waals surface area contributed by atoms with Gasteiger partial charge in [-0.25, -0.2) is 0 Å². The standard InChI is InChI=1S/C8H16N2O/c1-3-9-6-7-4-5-8(11)10(7)2/h7,9H,3-6H2,1-2H3. The Balaban J connectivity index is 2.30. The largest absolute Gasteiger partial charge is 0.341 e. The van der Waals surface area contributed by atoms with Gasteiger partial charge in [-0.2, -0.15) is 0 Å². The molecule has 0 aromatic rings. The van der Waals surface area contributed by atoms with Crippen molar-refractivity contribution in [2.75, 3.05) is 20.1 Å². The number of nitrogens with zero attached hydrogens (tertiary/aromatic N) is 1. The molecule has 1 saturated heterocycles. The summed E-state index contributed by atoms with van der Waals surface area (Å²) in [6.07, 6.45) is 1.74. The molecule has 1 fully saturated rings. The van der Waals surface area contributed by atoms with E-state index in [1.807, 2.05) is 11.9 Å². The number of likely N-dealkylation sites (tertiary alicyclic amines) is 1. The minimum absolute atomic E-state index is 0.285. The normalized spacial score (nSPS) is 24.7. The fourth-order valence-electron chi connectivity index (χ4n) is 1.41. The Morgan fingerprint density at radius 3 is 2.91 bits per heavy atom. The Kier molecular flexibility index (Phi) is 2.88. The molecule has 1 aliphatic rings. The van der Waals surface area contributed by atoms with Crippen LogP contribution in [-0.4, -0.2) is 37.0 Å². The SMILES string of the molecule is CCNCC1CCC(=O)N1C. The van der Waals surface area contributed by atoms with Gasteiger partial charge in [0.1, 0.15) is 0 Å². The molecule has 0 saturated carbocycles. The Morgan fingerprint density at radius 2 is 2.45 bits per heavy atom. The van der Waals surface area contributed by atoms with Crippen LogP contribution in [0.15, 0.2) is 0 Å². The molecule has 1 heterocycles. The van der Waals surface area contributed by atoms with Crippen LogP contribution in [0.2, 0.25) is 0 Å². The summed E-state index contributed by atoms with van der Waals surface area (Å²) in [5, 5.41) is 3.25. The lowest BCUT2D eigenvalue weighted by atomic mass is 10.2. The van der Waals surface area contributed by atoms with E-state index in [1.165, 1.54) is 0 Å². The maximum absolute atomic E-state index is 11.0. The van der Waals surface area contributed by atoms with Crippen LogP contribution < -0.4 is 5.32 Å². The highest BCUT2D eigenvalue weighted by Crippen LogP contribution is 2.14. The highest BCUT2D eigenvalue weighted by atomic mass is 16.2. The van der Waals surface area contributed by atoms with Gasteiger partial charge in [-0.1, -0.05) is 6.92 Å². The van der Waals surface area contributed by atoms with Gasteiger partial charge in [0.25, 0.3) is 0 Å². The van der Waals surface area contributed by atoms with Crippen LogP contribution in [0, 0.1) is 0 Å². The molecule has 11 heavy (non-hydrogen) atoms. The number of amides is 1. The second kappa shape index (κ2) is 3.72. The lowest BCUT2D eigenvalue weighted by molar-refractivity contribution is -0.127. The van der Waals surface area contributed by atoms with Crippen LogP contribution in [0.5, 0.6) is 0 Å². The first-order valence-corrected chi connectivity index (χ1v) is 4.22. The number of likely N-dealkylation sites (N-methyl/N-ethyl adjacent to an activating group) is 2. The van der Waals surface area contributed by atoms with Crippen molar-refractivity contribution in [1.82, 2.24) is 10.2 Å². The lowest BCUT2D eigenvalue weighted by Gasteiger charge is -2.19. The molecule has 1 unspecified atom stereocenters. The molecule has 0 radical (unpaired) electrons. The molecule has 3 heteroatoms. The second-order valence-corrected chi connectivity index (χ2v) is 3.00. The van der Waals surface area contributed by atoms with E-state index < -0.39 is 0 Å². The van der Waals surface area contributed by atoms with Crippen LogP contribution in [0.25, 0.3) is 0 Å². The third kappa shape index (κ3) is 1.93. The number of carbonyl (C=O) groups excluding carboxylic acids is 1. The van der Waals surface area contributed by atoms with Crippen molar-refractivity contribution in [2.24, 2.45) is 0 Å². The zero-order valence-electron chi connectivity index (χ0n) is 7.26. The van der Waals surface area contributed by atoms with Gasteiger partial charge in [-0.3, -0.25) is 4.79 Å². The van der Waals surface area contributed by atoms with Crippen molar-refractivity contribution in [3.05, 3.63) is 0 Å². The van der Waals surface area contributed by atoms with Gasteiger partial charge >= 0.3 is 0 Å². The molecule has 1 aliphatic heterocycles. The molecular weight excluding hydrogens is 140 g/mol. The average Bonchev–Trinajstić information content (AvgIpc) is 2.31. The molecule has 1 atom stereocenters. The third-order valence-electron chi connectivity index (χ3n) is 2.26. The predicted molar refractivity (Wildman–Crippen MR) is 44.3 cm³/mol. The Bertz CT molecular complexity index is 147. The molecule has 0 aliphatic carbocycles. The smallest absolute Gasteiger partial charge is 0.222 e. The summed E-state index contributed by atoms with van der Waals surface area (Å²) in [7, 11) is 1.89. The van der Waals surface area contributed by atoms with E-state index in [9.17, 15) is 4.79 Å². The Hall–Kier alpha value is -0.570. The minimum Gasteiger partial charge on any atom is -0.341 e. The quantitative estimate of drug-likeness (QED) is 0.634. The van der Waals surface area contributed by atoms with Crippen molar-refractivity contribution in [3.63, 3.8) is 0 Å². The summed E-state index contributed by atoms with van der Waals surface area (Å²) in [6.45, 7) is 4.01. The van der Waals surface area contributed by atoms with E-state index in [-0.39, 0.29) is 5.91 Å². The number of hydrogen-bond acceptors (Lipinski definition) is 2. The fraction of sp³-hybridized carbons (Fsp3) is 0.875. The third-order valence-corrected chi connectivity index (χ3v) is 2.26. The van der Waals surface area contributed by atoms with Gasteiger partial charge < -0.3 is 10.2 Å². The monoisotopic (exact) mass is 156 g/mol. The van der Waals surface area contributed by atoms with Crippen LogP contribution in [-0.2, 0) is 4.79 Å². The van der Waals surface area contributed by atoms with E-state index in [1.54, 1.807) is 0 Å².